The van der Waals surface area contributed by atoms with Crippen molar-refractivity contribution in [2.24, 2.45) is 0 Å². The van der Waals surface area contributed by atoms with Gasteiger partial charge in [0.15, 0.2) is 0 Å². The molecule has 4 aromatic rings. The highest BCUT2D eigenvalue weighted by Crippen LogP contribution is 2.22. The van der Waals surface area contributed by atoms with E-state index in [2.05, 4.69) is 31.0 Å². The first-order valence-corrected chi connectivity index (χ1v) is 12.1. The third-order valence-electron chi connectivity index (χ3n) is 4.70. The van der Waals surface area contributed by atoms with Crippen molar-refractivity contribution in [1.29, 1.82) is 0 Å². The fourth-order valence-corrected chi connectivity index (χ4v) is 4.66. The molecule has 2 N–H and O–H groups in total. The second-order valence-corrected chi connectivity index (χ2v) is 9.37. The number of nitrogens with one attached hydrogen (secondary N) is 2. The highest BCUT2D eigenvalue weighted by atomic mass is 32.1. The van der Waals surface area contributed by atoms with E-state index in [9.17, 15) is 9.59 Å². The van der Waals surface area contributed by atoms with Crippen LogP contribution in [0.25, 0.3) is 0 Å². The Labute approximate surface area is 199 Å². The monoisotopic (exact) mass is 478 g/mol. The summed E-state index contributed by atoms with van der Waals surface area (Å²) < 4.78 is 0. The summed E-state index contributed by atoms with van der Waals surface area (Å²) in [5.74, 6) is -0.198. The van der Waals surface area contributed by atoms with Crippen LogP contribution < -0.4 is 10.6 Å². The summed E-state index contributed by atoms with van der Waals surface area (Å²) in [6, 6.07) is 19.7. The normalized spacial score (nSPS) is 10.7. The number of hydrogen-bond acceptors (Lipinski definition) is 8. The van der Waals surface area contributed by atoms with Crippen molar-refractivity contribution in [2.75, 3.05) is 10.6 Å². The Balaban J connectivity index is 1.22. The molecule has 0 fully saturated rings. The van der Waals surface area contributed by atoms with Gasteiger partial charge in [-0.3, -0.25) is 9.59 Å². The number of carbonyl (C=O) groups is 2. The topological polar surface area (TPSA) is 110 Å². The lowest BCUT2D eigenvalue weighted by Gasteiger charge is -2.01. The van der Waals surface area contributed by atoms with Crippen LogP contribution in [0.5, 0.6) is 0 Å². The molecular weight excluding hydrogens is 456 g/mol. The van der Waals surface area contributed by atoms with Gasteiger partial charge in [-0.05, 0) is 24.0 Å². The quantitative estimate of drug-likeness (QED) is 0.355. The van der Waals surface area contributed by atoms with Crippen molar-refractivity contribution in [3.8, 4) is 0 Å². The van der Waals surface area contributed by atoms with Gasteiger partial charge in [-0.1, -0.05) is 83.3 Å². The van der Waals surface area contributed by atoms with E-state index in [4.69, 9.17) is 0 Å². The number of amides is 2. The first-order valence-electron chi connectivity index (χ1n) is 10.5. The first kappa shape index (κ1) is 22.7. The largest absolute Gasteiger partial charge is 0.301 e. The van der Waals surface area contributed by atoms with Gasteiger partial charge >= 0.3 is 0 Å². The van der Waals surface area contributed by atoms with Crippen molar-refractivity contribution < 1.29 is 9.59 Å². The summed E-state index contributed by atoms with van der Waals surface area (Å²) in [6.45, 7) is 0. The van der Waals surface area contributed by atoms with E-state index >= 15 is 0 Å². The molecule has 2 aromatic heterocycles. The smallest absolute Gasteiger partial charge is 0.226 e. The highest BCUT2D eigenvalue weighted by molar-refractivity contribution is 7.16. The standard InChI is InChI=1S/C23H22N6O2S2/c30-18(13-11-16-7-3-1-4-8-16)24-22-28-26-20(32-22)15-21-27-29-23(33-21)25-19(31)14-12-17-9-5-2-6-10-17/h1-10H,11-15H2,(H,24,28,30)(H,25,29,31). The molecule has 2 heterocycles. The third kappa shape index (κ3) is 7.26. The van der Waals surface area contributed by atoms with Crippen molar-refractivity contribution in [3.63, 3.8) is 0 Å². The fraction of sp³-hybridized carbons (Fsp3) is 0.217. The Morgan fingerprint density at radius 3 is 1.48 bits per heavy atom. The highest BCUT2D eigenvalue weighted by Gasteiger charge is 2.13. The minimum Gasteiger partial charge on any atom is -0.301 e. The summed E-state index contributed by atoms with van der Waals surface area (Å²) >= 11 is 2.61. The van der Waals surface area contributed by atoms with E-state index in [0.29, 0.717) is 52.4 Å². The van der Waals surface area contributed by atoms with Crippen molar-refractivity contribution in [2.45, 2.75) is 32.1 Å². The summed E-state index contributed by atoms with van der Waals surface area (Å²) in [4.78, 5) is 24.3. The first-order chi connectivity index (χ1) is 16.1. The number of rotatable bonds is 10. The zero-order valence-electron chi connectivity index (χ0n) is 17.7. The van der Waals surface area contributed by atoms with Gasteiger partial charge in [-0.2, -0.15) is 0 Å². The average molecular weight is 479 g/mol. The summed E-state index contributed by atoms with van der Waals surface area (Å²) in [5.41, 5.74) is 2.23. The average Bonchev–Trinajstić information content (AvgIpc) is 3.47. The van der Waals surface area contributed by atoms with Crippen LogP contribution in [0.15, 0.2) is 60.7 Å². The van der Waals surface area contributed by atoms with E-state index < -0.39 is 0 Å². The van der Waals surface area contributed by atoms with Crippen molar-refractivity contribution >= 4 is 44.8 Å². The molecule has 2 amide bonds. The van der Waals surface area contributed by atoms with Crippen LogP contribution in [-0.4, -0.2) is 32.2 Å². The van der Waals surface area contributed by atoms with E-state index in [1.54, 1.807) is 0 Å². The molecule has 168 valence electrons. The summed E-state index contributed by atoms with van der Waals surface area (Å²) in [6.07, 6.45) is 2.53. The Morgan fingerprint density at radius 2 is 1.06 bits per heavy atom. The minimum atomic E-state index is -0.0991. The zero-order chi connectivity index (χ0) is 22.9. The van der Waals surface area contributed by atoms with Crippen molar-refractivity contribution in [1.82, 2.24) is 20.4 Å². The third-order valence-corrected chi connectivity index (χ3v) is 6.37. The predicted octanol–water partition coefficient (Wildman–Crippen LogP) is 4.12. The molecule has 8 nitrogen and oxygen atoms in total. The minimum absolute atomic E-state index is 0.0991. The number of benzene rings is 2. The second-order valence-electron chi connectivity index (χ2n) is 7.25. The Morgan fingerprint density at radius 1 is 0.636 bits per heavy atom. The summed E-state index contributed by atoms with van der Waals surface area (Å²) in [5, 5.41) is 24.3. The molecule has 0 atom stereocenters. The Hall–Kier alpha value is -3.50. The van der Waals surface area contributed by atoms with Crippen LogP contribution in [0.1, 0.15) is 34.0 Å². The molecule has 2 aromatic carbocycles. The van der Waals surface area contributed by atoms with Crippen LogP contribution in [0.3, 0.4) is 0 Å². The molecular formula is C23H22N6O2S2. The number of nitrogens with zero attached hydrogens (tertiary/aromatic N) is 4. The van der Waals surface area contributed by atoms with E-state index in [1.165, 1.54) is 22.7 Å². The zero-order valence-corrected chi connectivity index (χ0v) is 19.4. The fourth-order valence-electron chi connectivity index (χ4n) is 3.05. The van der Waals surface area contributed by atoms with Gasteiger partial charge in [0.05, 0.1) is 6.42 Å². The lowest BCUT2D eigenvalue weighted by Crippen LogP contribution is -2.12. The van der Waals surface area contributed by atoms with Crippen LogP contribution in [0.4, 0.5) is 10.3 Å². The lowest BCUT2D eigenvalue weighted by molar-refractivity contribution is -0.117. The maximum Gasteiger partial charge on any atom is 0.226 e. The second kappa shape index (κ2) is 11.4. The van der Waals surface area contributed by atoms with Crippen LogP contribution >= 0.6 is 22.7 Å². The molecule has 0 unspecified atom stereocenters. The van der Waals surface area contributed by atoms with Crippen LogP contribution in [0, 0.1) is 0 Å². The number of hydrogen-bond donors (Lipinski definition) is 2. The molecule has 33 heavy (non-hydrogen) atoms. The number of anilines is 2. The van der Waals surface area contributed by atoms with Gasteiger partial charge in [0, 0.05) is 12.8 Å². The molecule has 0 bridgehead atoms. The molecule has 4 rings (SSSR count). The van der Waals surface area contributed by atoms with Gasteiger partial charge in [0.1, 0.15) is 10.0 Å². The Bertz CT molecular complexity index is 1100. The molecule has 0 aliphatic heterocycles. The van der Waals surface area contributed by atoms with Gasteiger partial charge in [-0.25, -0.2) is 0 Å². The molecule has 0 spiro atoms. The van der Waals surface area contributed by atoms with Gasteiger partial charge in [0.25, 0.3) is 0 Å². The molecule has 0 aliphatic carbocycles. The number of aromatic nitrogens is 4. The lowest BCUT2D eigenvalue weighted by atomic mass is 10.1. The van der Waals surface area contributed by atoms with Crippen molar-refractivity contribution in [3.05, 3.63) is 81.8 Å². The Kier molecular flexibility index (Phi) is 7.83. The van der Waals surface area contributed by atoms with E-state index in [-0.39, 0.29) is 11.8 Å². The summed E-state index contributed by atoms with van der Waals surface area (Å²) in [7, 11) is 0. The van der Waals surface area contributed by atoms with Gasteiger partial charge < -0.3 is 10.6 Å². The predicted molar refractivity (Wildman–Crippen MR) is 129 cm³/mol. The maximum absolute atomic E-state index is 12.2. The molecule has 0 aliphatic rings. The van der Waals surface area contributed by atoms with Crippen LogP contribution in [0.2, 0.25) is 0 Å². The van der Waals surface area contributed by atoms with Crippen LogP contribution in [-0.2, 0) is 28.9 Å². The van der Waals surface area contributed by atoms with E-state index in [1.807, 2.05) is 60.7 Å². The van der Waals surface area contributed by atoms with Gasteiger partial charge in [0.2, 0.25) is 22.1 Å². The SMILES string of the molecule is O=C(CCc1ccccc1)Nc1nnc(Cc2nnc(NC(=O)CCc3ccccc3)s2)s1. The number of carbonyl (C=O) groups excluding carboxylic acids is 2. The molecule has 0 saturated carbocycles. The molecule has 0 radical (unpaired) electrons. The number of aryl methyl sites for hydroxylation is 2. The molecule has 0 saturated heterocycles. The van der Waals surface area contributed by atoms with E-state index in [0.717, 1.165) is 11.1 Å². The maximum atomic E-state index is 12.2. The molecule has 10 heteroatoms. The van der Waals surface area contributed by atoms with Gasteiger partial charge in [-0.15, -0.1) is 20.4 Å².